The molecule has 1 saturated carbocycles. The average Bonchev–Trinajstić information content (AvgIpc) is 3.44. The van der Waals surface area contributed by atoms with Gasteiger partial charge in [0, 0.05) is 49.4 Å². The lowest BCUT2D eigenvalue weighted by Gasteiger charge is -2.36. The zero-order valence-electron chi connectivity index (χ0n) is 18.1. The van der Waals surface area contributed by atoms with Gasteiger partial charge in [-0.05, 0) is 31.9 Å². The molecule has 1 aliphatic heterocycles. The van der Waals surface area contributed by atoms with Gasteiger partial charge in [-0.2, -0.15) is 4.98 Å². The normalized spacial score (nSPS) is 17.1. The van der Waals surface area contributed by atoms with Crippen LogP contribution in [0.25, 0.3) is 11.4 Å². The summed E-state index contributed by atoms with van der Waals surface area (Å²) in [7, 11) is 0. The lowest BCUT2D eigenvalue weighted by atomic mass is 10.2. The molecule has 0 radical (unpaired) electrons. The van der Waals surface area contributed by atoms with Gasteiger partial charge in [-0.1, -0.05) is 28.9 Å². The van der Waals surface area contributed by atoms with Crippen molar-refractivity contribution in [3.05, 3.63) is 35.2 Å². The predicted molar refractivity (Wildman–Crippen MR) is 134 cm³/mol. The van der Waals surface area contributed by atoms with Crippen LogP contribution in [0.15, 0.2) is 33.8 Å². The van der Waals surface area contributed by atoms with Crippen LogP contribution in [0.4, 0.5) is 0 Å². The molecule has 2 fully saturated rings. The van der Waals surface area contributed by atoms with E-state index in [1.54, 1.807) is 12.1 Å². The number of hydrogen-bond donors (Lipinski definition) is 2. The zero-order chi connectivity index (χ0) is 21.6. The molecule has 4 rings (SSSR count). The van der Waals surface area contributed by atoms with Gasteiger partial charge in [-0.15, -0.1) is 24.0 Å². The molecule has 32 heavy (non-hydrogen) atoms. The highest BCUT2D eigenvalue weighted by Gasteiger charge is 2.26. The fraction of sp³-hybridized carbons (Fsp3) is 0.524. The van der Waals surface area contributed by atoms with Crippen molar-refractivity contribution in [1.82, 2.24) is 30.6 Å². The van der Waals surface area contributed by atoms with Crippen LogP contribution in [-0.4, -0.2) is 77.1 Å². The molecule has 1 saturated heterocycles. The summed E-state index contributed by atoms with van der Waals surface area (Å²) in [6, 6.07) is 7.75. The van der Waals surface area contributed by atoms with E-state index in [9.17, 15) is 4.79 Å². The van der Waals surface area contributed by atoms with E-state index in [4.69, 9.17) is 16.1 Å². The molecule has 2 aliphatic rings. The smallest absolute Gasteiger partial charge is 0.248 e. The predicted octanol–water partition coefficient (Wildman–Crippen LogP) is 2.37. The molecule has 174 valence electrons. The molecule has 2 N–H and O–H groups in total. The number of benzene rings is 1. The number of amides is 1. The third-order valence-corrected chi connectivity index (χ3v) is 5.47. The lowest BCUT2D eigenvalue weighted by molar-refractivity contribution is -0.122. The molecular formula is C21H29ClIN7O2. The number of carbonyl (C=O) groups excluding carboxylic acids is 1. The van der Waals surface area contributed by atoms with Gasteiger partial charge in [0.05, 0.1) is 6.54 Å². The SMILES string of the molecule is CCNC(=NCc1nc(-c2cccc(Cl)c2)no1)N1CCN(CC(=O)NC2CC2)CC1.I. The highest BCUT2D eigenvalue weighted by molar-refractivity contribution is 14.0. The summed E-state index contributed by atoms with van der Waals surface area (Å²) >= 11 is 6.04. The van der Waals surface area contributed by atoms with E-state index in [0.29, 0.717) is 35.9 Å². The van der Waals surface area contributed by atoms with Crippen molar-refractivity contribution in [1.29, 1.82) is 0 Å². The van der Waals surface area contributed by atoms with Crippen molar-refractivity contribution >= 4 is 47.4 Å². The van der Waals surface area contributed by atoms with E-state index in [1.807, 2.05) is 19.1 Å². The molecule has 1 aromatic carbocycles. The summed E-state index contributed by atoms with van der Waals surface area (Å²) in [5, 5.41) is 11.0. The van der Waals surface area contributed by atoms with Crippen LogP contribution in [0.3, 0.4) is 0 Å². The number of guanidine groups is 1. The summed E-state index contributed by atoms with van der Waals surface area (Å²) in [5.41, 5.74) is 0.806. The van der Waals surface area contributed by atoms with Crippen LogP contribution in [-0.2, 0) is 11.3 Å². The van der Waals surface area contributed by atoms with E-state index in [-0.39, 0.29) is 29.9 Å². The minimum absolute atomic E-state index is 0. The number of nitrogens with one attached hydrogen (secondary N) is 2. The van der Waals surface area contributed by atoms with Crippen LogP contribution in [0.1, 0.15) is 25.7 Å². The minimum atomic E-state index is 0. The van der Waals surface area contributed by atoms with Crippen LogP contribution in [0.5, 0.6) is 0 Å². The quantitative estimate of drug-likeness (QED) is 0.298. The second-order valence-corrected chi connectivity index (χ2v) is 8.23. The standard InChI is InChI=1S/C21H28ClN7O2.HI/c1-2-23-21(29-10-8-28(9-11-29)14-18(30)25-17-6-7-17)24-13-19-26-20(27-31-19)15-4-3-5-16(22)12-15;/h3-5,12,17H,2,6-11,13-14H2,1H3,(H,23,24)(H,25,30);1H. The molecule has 2 aromatic rings. The Morgan fingerprint density at radius 1 is 1.28 bits per heavy atom. The molecule has 2 heterocycles. The first-order chi connectivity index (χ1) is 15.1. The van der Waals surface area contributed by atoms with Crippen LogP contribution in [0, 0.1) is 0 Å². The van der Waals surface area contributed by atoms with Gasteiger partial charge in [0.1, 0.15) is 6.54 Å². The average molecular weight is 574 g/mol. The summed E-state index contributed by atoms with van der Waals surface area (Å²) < 4.78 is 5.36. The third-order valence-electron chi connectivity index (χ3n) is 5.23. The summed E-state index contributed by atoms with van der Waals surface area (Å²) in [6.07, 6.45) is 2.23. The van der Waals surface area contributed by atoms with Crippen molar-refractivity contribution in [2.45, 2.75) is 32.4 Å². The van der Waals surface area contributed by atoms with E-state index in [2.05, 4.69) is 35.6 Å². The Morgan fingerprint density at radius 3 is 2.75 bits per heavy atom. The Morgan fingerprint density at radius 2 is 2.06 bits per heavy atom. The molecule has 0 spiro atoms. The second kappa shape index (κ2) is 11.8. The lowest BCUT2D eigenvalue weighted by Crippen LogP contribution is -2.54. The van der Waals surface area contributed by atoms with Crippen LogP contribution in [0.2, 0.25) is 5.02 Å². The topological polar surface area (TPSA) is 98.9 Å². The van der Waals surface area contributed by atoms with Gasteiger partial charge >= 0.3 is 0 Å². The molecule has 1 aromatic heterocycles. The molecule has 0 atom stereocenters. The molecule has 1 amide bonds. The number of aliphatic imine (C=N–C) groups is 1. The fourth-order valence-corrected chi connectivity index (χ4v) is 3.64. The third kappa shape index (κ3) is 7.04. The Bertz CT molecular complexity index is 926. The maximum absolute atomic E-state index is 12.0. The highest BCUT2D eigenvalue weighted by atomic mass is 127. The van der Waals surface area contributed by atoms with Crippen LogP contribution < -0.4 is 10.6 Å². The second-order valence-electron chi connectivity index (χ2n) is 7.80. The Balaban J connectivity index is 0.00000289. The Kier molecular flexibility index (Phi) is 9.11. The van der Waals surface area contributed by atoms with Gasteiger partial charge in [-0.25, -0.2) is 4.99 Å². The van der Waals surface area contributed by atoms with E-state index in [1.165, 1.54) is 0 Å². The van der Waals surface area contributed by atoms with Gasteiger partial charge in [-0.3, -0.25) is 9.69 Å². The first-order valence-corrected chi connectivity index (χ1v) is 11.1. The molecule has 0 bridgehead atoms. The Hall–Kier alpha value is -1.92. The summed E-state index contributed by atoms with van der Waals surface area (Å²) in [6.45, 7) is 6.81. The molecule has 11 heteroatoms. The number of nitrogens with zero attached hydrogens (tertiary/aromatic N) is 5. The molecule has 9 nitrogen and oxygen atoms in total. The monoisotopic (exact) mass is 573 g/mol. The van der Waals surface area contributed by atoms with Gasteiger partial charge < -0.3 is 20.1 Å². The zero-order valence-corrected chi connectivity index (χ0v) is 21.2. The van der Waals surface area contributed by atoms with Crippen molar-refractivity contribution in [2.75, 3.05) is 39.3 Å². The van der Waals surface area contributed by atoms with E-state index >= 15 is 0 Å². The highest BCUT2D eigenvalue weighted by Crippen LogP contribution is 2.20. The number of aromatic nitrogens is 2. The first-order valence-electron chi connectivity index (χ1n) is 10.7. The van der Waals surface area contributed by atoms with Gasteiger partial charge in [0.15, 0.2) is 5.96 Å². The number of halogens is 2. The van der Waals surface area contributed by atoms with E-state index in [0.717, 1.165) is 57.1 Å². The van der Waals surface area contributed by atoms with Crippen molar-refractivity contribution in [2.24, 2.45) is 4.99 Å². The number of hydrogen-bond acceptors (Lipinski definition) is 6. The van der Waals surface area contributed by atoms with Crippen molar-refractivity contribution in [3.63, 3.8) is 0 Å². The van der Waals surface area contributed by atoms with Crippen LogP contribution >= 0.6 is 35.6 Å². The summed E-state index contributed by atoms with van der Waals surface area (Å²) in [4.78, 5) is 25.5. The van der Waals surface area contributed by atoms with Gasteiger partial charge in [0.25, 0.3) is 0 Å². The largest absolute Gasteiger partial charge is 0.357 e. The fourth-order valence-electron chi connectivity index (χ4n) is 3.45. The number of piperazine rings is 1. The van der Waals surface area contributed by atoms with Gasteiger partial charge in [0.2, 0.25) is 17.6 Å². The Labute approximate surface area is 210 Å². The molecule has 0 unspecified atom stereocenters. The number of rotatable bonds is 7. The first kappa shape index (κ1) is 24.7. The maximum Gasteiger partial charge on any atom is 0.248 e. The van der Waals surface area contributed by atoms with E-state index < -0.39 is 0 Å². The summed E-state index contributed by atoms with van der Waals surface area (Å²) in [5.74, 6) is 1.88. The maximum atomic E-state index is 12.0. The minimum Gasteiger partial charge on any atom is -0.357 e. The molecular weight excluding hydrogens is 545 g/mol. The van der Waals surface area contributed by atoms with Crippen molar-refractivity contribution in [3.8, 4) is 11.4 Å². The number of carbonyl (C=O) groups is 1. The van der Waals surface area contributed by atoms with Crippen molar-refractivity contribution < 1.29 is 9.32 Å². The molecule has 1 aliphatic carbocycles.